The van der Waals surface area contributed by atoms with Crippen LogP contribution in [0.3, 0.4) is 0 Å². The molecule has 0 bridgehead atoms. The van der Waals surface area contributed by atoms with Crippen LogP contribution in [0.1, 0.15) is 25.0 Å². The van der Waals surface area contributed by atoms with E-state index in [9.17, 15) is 8.42 Å². The second kappa shape index (κ2) is 5.56. The van der Waals surface area contributed by atoms with Crippen LogP contribution in [-0.2, 0) is 10.0 Å². The van der Waals surface area contributed by atoms with E-state index in [0.717, 1.165) is 6.42 Å². The minimum atomic E-state index is -3.66. The van der Waals surface area contributed by atoms with Gasteiger partial charge in [0.25, 0.3) is 10.0 Å². The Balaban J connectivity index is 2.20. The van der Waals surface area contributed by atoms with Crippen LogP contribution in [0.2, 0.25) is 0 Å². The molecule has 1 aliphatic rings. The lowest BCUT2D eigenvalue weighted by Gasteiger charge is -2.16. The molecule has 0 aliphatic heterocycles. The van der Waals surface area contributed by atoms with Gasteiger partial charge in [0.15, 0.2) is 5.03 Å². The van der Waals surface area contributed by atoms with Crippen molar-refractivity contribution in [2.24, 2.45) is 5.11 Å². The van der Waals surface area contributed by atoms with Crippen molar-refractivity contribution < 1.29 is 8.42 Å². The Hall–Kier alpha value is -1.63. The molecular formula is C11H15N5O2S. The van der Waals surface area contributed by atoms with Crippen LogP contribution < -0.4 is 4.72 Å². The molecule has 2 atom stereocenters. The van der Waals surface area contributed by atoms with Crippen molar-refractivity contribution >= 4 is 10.0 Å². The fraction of sp³-hybridized carbons (Fsp3) is 0.545. The summed E-state index contributed by atoms with van der Waals surface area (Å²) in [5.74, 6) is 0. The number of aryl methyl sites for hydroxylation is 1. The summed E-state index contributed by atoms with van der Waals surface area (Å²) >= 11 is 0. The van der Waals surface area contributed by atoms with Gasteiger partial charge in [0, 0.05) is 16.6 Å². The number of hydrogen-bond donors (Lipinski definition) is 1. The normalized spacial score (nSPS) is 23.0. The summed E-state index contributed by atoms with van der Waals surface area (Å²) in [5.41, 5.74) is 9.10. The van der Waals surface area contributed by atoms with E-state index >= 15 is 0 Å². The van der Waals surface area contributed by atoms with Gasteiger partial charge < -0.3 is 0 Å². The first-order valence-electron chi connectivity index (χ1n) is 6.03. The van der Waals surface area contributed by atoms with Gasteiger partial charge in [-0.1, -0.05) is 17.6 Å². The fourth-order valence-corrected chi connectivity index (χ4v) is 3.53. The van der Waals surface area contributed by atoms with E-state index in [1.54, 1.807) is 19.1 Å². The molecule has 19 heavy (non-hydrogen) atoms. The van der Waals surface area contributed by atoms with E-state index in [1.807, 2.05) is 0 Å². The number of aromatic nitrogens is 1. The summed E-state index contributed by atoms with van der Waals surface area (Å²) < 4.78 is 26.9. The molecule has 0 radical (unpaired) electrons. The molecule has 0 saturated heterocycles. The van der Waals surface area contributed by atoms with Crippen molar-refractivity contribution in [3.63, 3.8) is 0 Å². The number of nitrogens with one attached hydrogen (secondary N) is 1. The maximum Gasteiger partial charge on any atom is 0.258 e. The predicted octanol–water partition coefficient (Wildman–Crippen LogP) is 1.90. The molecule has 0 unspecified atom stereocenters. The van der Waals surface area contributed by atoms with Crippen molar-refractivity contribution in [3.05, 3.63) is 34.3 Å². The number of nitrogens with zero attached hydrogens (tertiary/aromatic N) is 4. The van der Waals surface area contributed by atoms with E-state index in [2.05, 4.69) is 19.7 Å². The maximum absolute atomic E-state index is 12.2. The lowest BCUT2D eigenvalue weighted by atomic mass is 10.2. The maximum atomic E-state index is 12.2. The molecule has 0 aromatic carbocycles. The molecule has 2 rings (SSSR count). The second-order valence-electron chi connectivity index (χ2n) is 4.55. The van der Waals surface area contributed by atoms with Crippen molar-refractivity contribution in [1.29, 1.82) is 0 Å². The van der Waals surface area contributed by atoms with Crippen molar-refractivity contribution in [2.75, 3.05) is 0 Å². The summed E-state index contributed by atoms with van der Waals surface area (Å²) in [6.07, 6.45) is 2.23. The lowest BCUT2D eigenvalue weighted by molar-refractivity contribution is 0.519. The molecule has 1 aliphatic carbocycles. The van der Waals surface area contributed by atoms with Gasteiger partial charge in [-0.2, -0.15) is 0 Å². The van der Waals surface area contributed by atoms with Gasteiger partial charge in [0.2, 0.25) is 0 Å². The van der Waals surface area contributed by atoms with Gasteiger partial charge in [-0.25, -0.2) is 18.1 Å². The Bertz CT molecular complexity index is 609. The largest absolute Gasteiger partial charge is 0.258 e. The topological polar surface area (TPSA) is 108 Å². The highest BCUT2D eigenvalue weighted by atomic mass is 32.2. The number of rotatable bonds is 4. The Morgan fingerprint density at radius 1 is 1.47 bits per heavy atom. The first-order valence-corrected chi connectivity index (χ1v) is 7.51. The van der Waals surface area contributed by atoms with E-state index < -0.39 is 10.0 Å². The van der Waals surface area contributed by atoms with Crippen molar-refractivity contribution in [2.45, 2.75) is 43.3 Å². The average molecular weight is 281 g/mol. The summed E-state index contributed by atoms with van der Waals surface area (Å²) in [6, 6.07) is 4.17. The summed E-state index contributed by atoms with van der Waals surface area (Å²) in [4.78, 5) is 6.76. The van der Waals surface area contributed by atoms with Gasteiger partial charge in [-0.3, -0.25) is 0 Å². The molecular weight excluding hydrogens is 266 g/mol. The molecule has 1 fully saturated rings. The number of sulfonamides is 1. The summed E-state index contributed by atoms with van der Waals surface area (Å²) in [7, 11) is -3.66. The molecule has 1 N–H and O–H groups in total. The van der Waals surface area contributed by atoms with Gasteiger partial charge in [-0.15, -0.1) is 0 Å². The van der Waals surface area contributed by atoms with Gasteiger partial charge in [0.1, 0.15) is 0 Å². The van der Waals surface area contributed by atoms with Crippen LogP contribution in [0.15, 0.2) is 28.3 Å². The zero-order chi connectivity index (χ0) is 13.9. The first kappa shape index (κ1) is 13.8. The van der Waals surface area contributed by atoms with Crippen LogP contribution in [0.25, 0.3) is 10.4 Å². The minimum Gasteiger partial charge on any atom is -0.240 e. The monoisotopic (exact) mass is 281 g/mol. The van der Waals surface area contributed by atoms with E-state index in [4.69, 9.17) is 5.53 Å². The van der Waals surface area contributed by atoms with Crippen LogP contribution in [0, 0.1) is 6.92 Å². The Morgan fingerprint density at radius 3 is 2.95 bits per heavy atom. The van der Waals surface area contributed by atoms with E-state index in [-0.39, 0.29) is 17.1 Å². The number of hydrogen-bond acceptors (Lipinski definition) is 4. The molecule has 102 valence electrons. The van der Waals surface area contributed by atoms with Crippen LogP contribution in [0.5, 0.6) is 0 Å². The average Bonchev–Trinajstić information content (AvgIpc) is 2.76. The SMILES string of the molecule is Cc1cccc(S(=O)(=O)N[C@H]2CCC[C@@H]2N=[N+]=[N-])n1. The molecule has 1 heterocycles. The zero-order valence-corrected chi connectivity index (χ0v) is 11.3. The summed E-state index contributed by atoms with van der Waals surface area (Å²) in [5, 5.41) is 3.63. The predicted molar refractivity (Wildman–Crippen MR) is 69.9 cm³/mol. The third-order valence-corrected chi connectivity index (χ3v) is 4.52. The molecule has 0 spiro atoms. The smallest absolute Gasteiger partial charge is 0.240 e. The van der Waals surface area contributed by atoms with Crippen LogP contribution in [-0.4, -0.2) is 25.5 Å². The third kappa shape index (κ3) is 3.23. The summed E-state index contributed by atoms with van der Waals surface area (Å²) in [6.45, 7) is 1.73. The standard InChI is InChI=1S/C11H15N5O2S/c1-8-4-2-7-11(13-8)19(17,18)15-10-6-3-5-9(10)14-16-12/h2,4,7,9-10,15H,3,5-6H2,1H3/t9-,10-/m0/s1. The molecule has 1 aromatic heterocycles. The third-order valence-electron chi connectivity index (χ3n) is 3.12. The van der Waals surface area contributed by atoms with Crippen molar-refractivity contribution in [1.82, 2.24) is 9.71 Å². The molecule has 1 saturated carbocycles. The second-order valence-corrected chi connectivity index (χ2v) is 6.21. The minimum absolute atomic E-state index is 0.000845. The van der Waals surface area contributed by atoms with E-state index in [0.29, 0.717) is 18.5 Å². The quantitative estimate of drug-likeness (QED) is 0.517. The molecule has 0 amide bonds. The van der Waals surface area contributed by atoms with E-state index in [1.165, 1.54) is 6.07 Å². The fourth-order valence-electron chi connectivity index (χ4n) is 2.21. The molecule has 1 aromatic rings. The zero-order valence-electron chi connectivity index (χ0n) is 10.5. The van der Waals surface area contributed by atoms with Crippen LogP contribution in [0.4, 0.5) is 0 Å². The van der Waals surface area contributed by atoms with Crippen molar-refractivity contribution in [3.8, 4) is 0 Å². The Kier molecular flexibility index (Phi) is 4.04. The highest BCUT2D eigenvalue weighted by Crippen LogP contribution is 2.23. The van der Waals surface area contributed by atoms with Gasteiger partial charge in [0.05, 0.1) is 6.04 Å². The molecule has 7 nitrogen and oxygen atoms in total. The molecule has 8 heteroatoms. The Morgan fingerprint density at radius 2 is 2.26 bits per heavy atom. The van der Waals surface area contributed by atoms with Gasteiger partial charge in [-0.05, 0) is 37.4 Å². The highest BCUT2D eigenvalue weighted by molar-refractivity contribution is 7.89. The number of pyridine rings is 1. The lowest BCUT2D eigenvalue weighted by Crippen LogP contribution is -2.39. The Labute approximate surface area is 111 Å². The highest BCUT2D eigenvalue weighted by Gasteiger charge is 2.31. The van der Waals surface area contributed by atoms with Crippen LogP contribution >= 0.6 is 0 Å². The first-order chi connectivity index (χ1) is 9.03. The number of azide groups is 1. The van der Waals surface area contributed by atoms with Gasteiger partial charge >= 0.3 is 0 Å².